The molecule has 134 valence electrons. The minimum absolute atomic E-state index is 0.278. The quantitative estimate of drug-likeness (QED) is 0.709. The van der Waals surface area contributed by atoms with Crippen LogP contribution in [0.4, 0.5) is 11.5 Å². The van der Waals surface area contributed by atoms with Crippen LogP contribution in [0.5, 0.6) is 0 Å². The molecule has 1 N–H and O–H groups in total. The lowest BCUT2D eigenvalue weighted by Gasteiger charge is -2.13. The summed E-state index contributed by atoms with van der Waals surface area (Å²) in [5.74, 6) is 0.304. The Hall–Kier alpha value is -3.22. The summed E-state index contributed by atoms with van der Waals surface area (Å²) in [6, 6.07) is 9.72. The van der Waals surface area contributed by atoms with E-state index in [2.05, 4.69) is 20.4 Å². The molecule has 0 atom stereocenters. The molecule has 0 radical (unpaired) electrons. The van der Waals surface area contributed by atoms with E-state index >= 15 is 0 Å². The number of carbonyl (C=O) groups is 1. The second kappa shape index (κ2) is 7.35. The second-order valence-corrected chi connectivity index (χ2v) is 5.93. The van der Waals surface area contributed by atoms with Gasteiger partial charge in [0.15, 0.2) is 5.82 Å². The van der Waals surface area contributed by atoms with Gasteiger partial charge in [-0.15, -0.1) is 0 Å². The van der Waals surface area contributed by atoms with Crippen molar-refractivity contribution in [2.75, 3.05) is 11.9 Å². The van der Waals surface area contributed by atoms with E-state index in [1.165, 1.54) is 6.20 Å². The Bertz CT molecular complexity index is 949. The Labute approximate surface area is 152 Å². The molecule has 3 rings (SSSR count). The summed E-state index contributed by atoms with van der Waals surface area (Å²) in [4.78, 5) is 21.1. The van der Waals surface area contributed by atoms with Crippen LogP contribution >= 0.6 is 0 Å². The van der Waals surface area contributed by atoms with Crippen LogP contribution in [0.3, 0.4) is 0 Å². The fourth-order valence-electron chi connectivity index (χ4n) is 2.60. The molecular weight excluding hydrogens is 330 g/mol. The van der Waals surface area contributed by atoms with Crippen molar-refractivity contribution < 1.29 is 9.53 Å². The van der Waals surface area contributed by atoms with E-state index in [0.717, 1.165) is 22.6 Å². The van der Waals surface area contributed by atoms with Gasteiger partial charge in [-0.1, -0.05) is 18.2 Å². The van der Waals surface area contributed by atoms with Crippen LogP contribution in [0.25, 0.3) is 5.95 Å². The van der Waals surface area contributed by atoms with Crippen LogP contribution in [0, 0.1) is 20.8 Å². The Balaban J connectivity index is 2.07. The van der Waals surface area contributed by atoms with Crippen molar-refractivity contribution in [2.24, 2.45) is 0 Å². The molecule has 0 aliphatic heterocycles. The summed E-state index contributed by atoms with van der Waals surface area (Å²) in [7, 11) is 0. The molecule has 0 saturated carbocycles. The molecule has 7 heteroatoms. The smallest absolute Gasteiger partial charge is 0.343 e. The lowest BCUT2D eigenvalue weighted by atomic mass is 10.2. The molecule has 0 unspecified atom stereocenters. The van der Waals surface area contributed by atoms with Crippen molar-refractivity contribution in [1.82, 2.24) is 19.7 Å². The van der Waals surface area contributed by atoms with E-state index < -0.39 is 5.97 Å². The van der Waals surface area contributed by atoms with E-state index in [9.17, 15) is 4.79 Å². The van der Waals surface area contributed by atoms with E-state index in [0.29, 0.717) is 11.8 Å². The molecule has 2 heterocycles. The predicted molar refractivity (Wildman–Crippen MR) is 99.0 cm³/mol. The standard InChI is InChI=1S/C19H21N5O2/c1-5-26-18(25)15-11-20-19(24-14(4)10-13(3)23-24)22-17(15)21-16-9-7-6-8-12(16)2/h6-11H,5H2,1-4H3,(H,20,21,22). The van der Waals surface area contributed by atoms with Gasteiger partial charge in [0.25, 0.3) is 5.95 Å². The van der Waals surface area contributed by atoms with Crippen LogP contribution in [-0.2, 0) is 4.74 Å². The van der Waals surface area contributed by atoms with Crippen LogP contribution in [-0.4, -0.2) is 32.3 Å². The number of hydrogen-bond acceptors (Lipinski definition) is 6. The number of nitrogens with zero attached hydrogens (tertiary/aromatic N) is 4. The van der Waals surface area contributed by atoms with Crippen molar-refractivity contribution >= 4 is 17.5 Å². The van der Waals surface area contributed by atoms with Gasteiger partial charge < -0.3 is 10.1 Å². The van der Waals surface area contributed by atoms with Gasteiger partial charge in [0.1, 0.15) is 5.56 Å². The van der Waals surface area contributed by atoms with Crippen LogP contribution in [0.15, 0.2) is 36.5 Å². The highest BCUT2D eigenvalue weighted by Gasteiger charge is 2.18. The summed E-state index contributed by atoms with van der Waals surface area (Å²) in [6.07, 6.45) is 1.47. The molecule has 0 aliphatic rings. The van der Waals surface area contributed by atoms with Crippen molar-refractivity contribution in [2.45, 2.75) is 27.7 Å². The molecule has 1 aromatic carbocycles. The van der Waals surface area contributed by atoms with E-state index in [4.69, 9.17) is 4.74 Å². The third-order valence-corrected chi connectivity index (χ3v) is 3.87. The molecule has 2 aromatic heterocycles. The predicted octanol–water partition coefficient (Wildman–Crippen LogP) is 3.51. The lowest BCUT2D eigenvalue weighted by molar-refractivity contribution is 0.0526. The first-order valence-electron chi connectivity index (χ1n) is 8.40. The number of benzene rings is 1. The number of aryl methyl sites for hydroxylation is 3. The third kappa shape index (κ3) is 3.56. The molecule has 0 saturated heterocycles. The molecule has 0 amide bonds. The molecule has 26 heavy (non-hydrogen) atoms. The van der Waals surface area contributed by atoms with Crippen LogP contribution in [0.2, 0.25) is 0 Å². The number of esters is 1. The minimum Gasteiger partial charge on any atom is -0.462 e. The monoisotopic (exact) mass is 351 g/mol. The SMILES string of the molecule is CCOC(=O)c1cnc(-n2nc(C)cc2C)nc1Nc1ccccc1C. The topological polar surface area (TPSA) is 81.9 Å². The van der Waals surface area contributed by atoms with Crippen molar-refractivity contribution in [3.8, 4) is 5.95 Å². The normalized spacial score (nSPS) is 10.6. The zero-order chi connectivity index (χ0) is 18.7. The summed E-state index contributed by atoms with van der Waals surface area (Å²) in [6.45, 7) is 7.86. The van der Waals surface area contributed by atoms with E-state index in [1.807, 2.05) is 51.1 Å². The number of rotatable bonds is 5. The lowest BCUT2D eigenvalue weighted by Crippen LogP contribution is -2.14. The summed E-state index contributed by atoms with van der Waals surface area (Å²) in [5.41, 5.74) is 3.95. The maximum absolute atomic E-state index is 12.3. The van der Waals surface area contributed by atoms with Crippen LogP contribution < -0.4 is 5.32 Å². The fourth-order valence-corrected chi connectivity index (χ4v) is 2.60. The van der Waals surface area contributed by atoms with Gasteiger partial charge in [-0.2, -0.15) is 10.1 Å². The molecule has 0 fully saturated rings. The molecule has 3 aromatic rings. The number of carbonyl (C=O) groups excluding carboxylic acids is 1. The molecule has 0 aliphatic carbocycles. The van der Waals surface area contributed by atoms with E-state index in [-0.39, 0.29) is 12.2 Å². The zero-order valence-corrected chi connectivity index (χ0v) is 15.3. The van der Waals surface area contributed by atoms with Gasteiger partial charge in [0, 0.05) is 17.6 Å². The number of nitrogens with one attached hydrogen (secondary N) is 1. The largest absolute Gasteiger partial charge is 0.462 e. The summed E-state index contributed by atoms with van der Waals surface area (Å²) in [5, 5.41) is 7.63. The Morgan fingerprint density at radius 3 is 2.65 bits per heavy atom. The zero-order valence-electron chi connectivity index (χ0n) is 15.3. The third-order valence-electron chi connectivity index (χ3n) is 3.87. The fraction of sp³-hybridized carbons (Fsp3) is 0.263. The summed E-state index contributed by atoms with van der Waals surface area (Å²) >= 11 is 0. The van der Waals surface area contributed by atoms with E-state index in [1.54, 1.807) is 11.6 Å². The highest BCUT2D eigenvalue weighted by atomic mass is 16.5. The van der Waals surface area contributed by atoms with Gasteiger partial charge >= 0.3 is 5.97 Å². The average Bonchev–Trinajstić information content (AvgIpc) is 2.95. The number of hydrogen-bond donors (Lipinski definition) is 1. The summed E-state index contributed by atoms with van der Waals surface area (Å²) < 4.78 is 6.77. The highest BCUT2D eigenvalue weighted by Crippen LogP contribution is 2.23. The number of anilines is 2. The minimum atomic E-state index is -0.469. The Morgan fingerprint density at radius 1 is 1.23 bits per heavy atom. The number of ether oxygens (including phenoxy) is 1. The van der Waals surface area contributed by atoms with Gasteiger partial charge in [-0.25, -0.2) is 14.5 Å². The maximum atomic E-state index is 12.3. The van der Waals surface area contributed by atoms with Gasteiger partial charge in [0.2, 0.25) is 0 Å². The van der Waals surface area contributed by atoms with Crippen molar-refractivity contribution in [3.63, 3.8) is 0 Å². The first-order valence-corrected chi connectivity index (χ1v) is 8.40. The van der Waals surface area contributed by atoms with Crippen molar-refractivity contribution in [3.05, 3.63) is 59.0 Å². The molecular formula is C19H21N5O2. The molecule has 0 spiro atoms. The van der Waals surface area contributed by atoms with Crippen molar-refractivity contribution in [1.29, 1.82) is 0 Å². The highest BCUT2D eigenvalue weighted by molar-refractivity contribution is 5.95. The molecule has 7 nitrogen and oxygen atoms in total. The number of aromatic nitrogens is 4. The van der Waals surface area contributed by atoms with Gasteiger partial charge in [-0.05, 0) is 45.4 Å². The second-order valence-electron chi connectivity index (χ2n) is 5.93. The van der Waals surface area contributed by atoms with Gasteiger partial charge in [-0.3, -0.25) is 0 Å². The maximum Gasteiger partial charge on any atom is 0.343 e. The Morgan fingerprint density at radius 2 is 2.00 bits per heavy atom. The first kappa shape index (κ1) is 17.6. The first-order chi connectivity index (χ1) is 12.5. The average molecular weight is 351 g/mol. The Kier molecular flexibility index (Phi) is 4.97. The number of para-hydroxylation sites is 1. The van der Waals surface area contributed by atoms with Gasteiger partial charge in [0.05, 0.1) is 12.3 Å². The van der Waals surface area contributed by atoms with Crippen LogP contribution in [0.1, 0.15) is 34.2 Å². The molecule has 0 bridgehead atoms.